The van der Waals surface area contributed by atoms with E-state index in [1.807, 2.05) is 32.0 Å². The summed E-state index contributed by atoms with van der Waals surface area (Å²) in [6.45, 7) is 8.91. The van der Waals surface area contributed by atoms with Crippen molar-refractivity contribution < 1.29 is 27.8 Å². The Hall–Kier alpha value is -3.82. The van der Waals surface area contributed by atoms with Gasteiger partial charge in [0.15, 0.2) is 5.58 Å². The molecule has 9 heteroatoms. The summed E-state index contributed by atoms with van der Waals surface area (Å²) in [5.74, 6) is 2.01. The molecule has 0 saturated carbocycles. The smallest absolute Gasteiger partial charge is 0.295 e. The third-order valence-electron chi connectivity index (χ3n) is 7.30. The number of hydrogen-bond acceptors (Lipinski definition) is 8. The van der Waals surface area contributed by atoms with Crippen LogP contribution < -0.4 is 19.5 Å². The van der Waals surface area contributed by atoms with E-state index in [0.29, 0.717) is 32.4 Å². The Bertz CT molecular complexity index is 1410. The number of nitrogens with zero attached hydrogens (tertiary/aromatic N) is 2. The van der Waals surface area contributed by atoms with Crippen molar-refractivity contribution >= 4 is 17.1 Å². The number of piperidine rings is 1. The summed E-state index contributed by atoms with van der Waals surface area (Å²) >= 11 is 0. The van der Waals surface area contributed by atoms with Crippen LogP contribution in [0.15, 0.2) is 59.0 Å². The van der Waals surface area contributed by atoms with E-state index < -0.39 is 0 Å². The molecule has 1 fully saturated rings. The van der Waals surface area contributed by atoms with Gasteiger partial charge in [-0.2, -0.15) is 4.98 Å². The summed E-state index contributed by atoms with van der Waals surface area (Å²) in [5.41, 5.74) is 4.36. The molecule has 0 bridgehead atoms. The average Bonchev–Trinajstić information content (AvgIpc) is 3.39. The maximum absolute atomic E-state index is 13.6. The first-order chi connectivity index (χ1) is 20.6. The summed E-state index contributed by atoms with van der Waals surface area (Å²) in [6.07, 6.45) is 2.77. The molecular formula is C33H40FN3O5. The predicted molar refractivity (Wildman–Crippen MR) is 162 cm³/mol. The fourth-order valence-corrected chi connectivity index (χ4v) is 5.30. The normalized spacial score (nSPS) is 14.3. The summed E-state index contributed by atoms with van der Waals surface area (Å²) in [4.78, 5) is 7.09. The van der Waals surface area contributed by atoms with Gasteiger partial charge in [0.05, 0.1) is 25.4 Å². The fourth-order valence-electron chi connectivity index (χ4n) is 5.30. The number of nitrogens with one attached hydrogen (secondary N) is 1. The van der Waals surface area contributed by atoms with Gasteiger partial charge in [0.2, 0.25) is 0 Å². The molecule has 224 valence electrons. The Morgan fingerprint density at radius 2 is 1.64 bits per heavy atom. The Morgan fingerprint density at radius 3 is 2.31 bits per heavy atom. The number of benzene rings is 3. The Labute approximate surface area is 246 Å². The van der Waals surface area contributed by atoms with Crippen molar-refractivity contribution in [2.45, 2.75) is 45.7 Å². The van der Waals surface area contributed by atoms with Crippen LogP contribution in [0.5, 0.6) is 17.2 Å². The quantitative estimate of drug-likeness (QED) is 0.162. The van der Waals surface area contributed by atoms with Crippen molar-refractivity contribution in [3.8, 4) is 28.4 Å². The van der Waals surface area contributed by atoms with E-state index in [1.54, 1.807) is 19.2 Å². The molecule has 1 aromatic heterocycles. The van der Waals surface area contributed by atoms with Gasteiger partial charge in [0.1, 0.15) is 28.6 Å². The molecule has 0 amide bonds. The highest BCUT2D eigenvalue weighted by molar-refractivity contribution is 5.78. The Kier molecular flexibility index (Phi) is 10.2. The average molecular weight is 578 g/mol. The third-order valence-corrected chi connectivity index (χ3v) is 7.30. The highest BCUT2D eigenvalue weighted by Crippen LogP contribution is 2.40. The van der Waals surface area contributed by atoms with E-state index in [1.165, 1.54) is 12.1 Å². The number of ether oxygens (including phenoxy) is 4. The molecule has 3 aromatic carbocycles. The zero-order valence-electron chi connectivity index (χ0n) is 24.7. The van der Waals surface area contributed by atoms with Crippen LogP contribution >= 0.6 is 0 Å². The number of fused-ring (bicyclic) bond motifs is 1. The number of oxazole rings is 1. The Morgan fingerprint density at radius 1 is 0.929 bits per heavy atom. The van der Waals surface area contributed by atoms with Crippen LogP contribution in [0, 0.1) is 5.82 Å². The number of hydrogen-bond donors (Lipinski definition) is 1. The molecule has 1 aliphatic rings. The lowest BCUT2D eigenvalue weighted by Gasteiger charge is -2.32. The van der Waals surface area contributed by atoms with Crippen LogP contribution in [0.3, 0.4) is 0 Å². The zero-order chi connectivity index (χ0) is 29.3. The molecule has 5 rings (SSSR count). The molecule has 2 heterocycles. The number of anilines is 1. The van der Waals surface area contributed by atoms with Crippen molar-refractivity contribution in [3.05, 3.63) is 66.0 Å². The summed E-state index contributed by atoms with van der Waals surface area (Å²) in [7, 11) is 1.69. The molecule has 0 aliphatic carbocycles. The van der Waals surface area contributed by atoms with Gasteiger partial charge >= 0.3 is 0 Å². The summed E-state index contributed by atoms with van der Waals surface area (Å²) in [6, 6.07) is 17.2. The van der Waals surface area contributed by atoms with Gasteiger partial charge < -0.3 is 28.7 Å². The first-order valence-electron chi connectivity index (χ1n) is 14.8. The second-order valence-corrected chi connectivity index (χ2v) is 10.4. The molecule has 0 atom stereocenters. The highest BCUT2D eigenvalue weighted by atomic mass is 19.1. The lowest BCUT2D eigenvalue weighted by molar-refractivity contribution is 0.172. The maximum atomic E-state index is 13.6. The van der Waals surface area contributed by atoms with Crippen molar-refractivity contribution in [2.24, 2.45) is 0 Å². The zero-order valence-corrected chi connectivity index (χ0v) is 24.7. The molecule has 0 unspecified atom stereocenters. The first kappa shape index (κ1) is 29.7. The van der Waals surface area contributed by atoms with Crippen LogP contribution in [-0.4, -0.2) is 62.6 Å². The largest absolute Gasteiger partial charge is 0.493 e. The minimum atomic E-state index is -0.270. The van der Waals surface area contributed by atoms with Crippen molar-refractivity contribution in [1.82, 2.24) is 9.88 Å². The van der Waals surface area contributed by atoms with Gasteiger partial charge in [-0.05, 0) is 74.2 Å². The highest BCUT2D eigenvalue weighted by Gasteiger charge is 2.23. The standard InChI is InChI=1S/C33H40FN3O5/c1-4-39-30-19-23(20-31(40-5-2)32(30)24-7-9-25(34)10-8-24)22-37-15-13-26(14-16-37)35-33-36-28-21-27(11-12-29(28)42-33)41-18-6-17-38-3/h7-12,19-21,26H,4-6,13-18,22H2,1-3H3,(H,35,36). The second kappa shape index (κ2) is 14.4. The molecular weight excluding hydrogens is 537 g/mol. The summed E-state index contributed by atoms with van der Waals surface area (Å²) < 4.78 is 42.5. The van der Waals surface area contributed by atoms with Crippen molar-refractivity contribution in [1.29, 1.82) is 0 Å². The van der Waals surface area contributed by atoms with Crippen LogP contribution in [0.25, 0.3) is 22.2 Å². The minimum absolute atomic E-state index is 0.270. The summed E-state index contributed by atoms with van der Waals surface area (Å²) in [5, 5.41) is 3.49. The van der Waals surface area contributed by atoms with Gasteiger partial charge in [-0.25, -0.2) is 4.39 Å². The van der Waals surface area contributed by atoms with Crippen molar-refractivity contribution in [3.63, 3.8) is 0 Å². The minimum Gasteiger partial charge on any atom is -0.493 e. The maximum Gasteiger partial charge on any atom is 0.295 e. The Balaban J connectivity index is 1.20. The van der Waals surface area contributed by atoms with Gasteiger partial charge in [-0.1, -0.05) is 12.1 Å². The molecule has 1 aliphatic heterocycles. The molecule has 0 spiro atoms. The van der Waals surface area contributed by atoms with E-state index in [2.05, 4.69) is 27.3 Å². The molecule has 0 radical (unpaired) electrons. The number of methoxy groups -OCH3 is 1. The van der Waals surface area contributed by atoms with Gasteiger partial charge in [-0.15, -0.1) is 0 Å². The third kappa shape index (κ3) is 7.52. The molecule has 1 saturated heterocycles. The van der Waals surface area contributed by atoms with E-state index in [4.69, 9.17) is 23.4 Å². The van der Waals surface area contributed by atoms with E-state index in [0.717, 1.165) is 83.9 Å². The van der Waals surface area contributed by atoms with Gasteiger partial charge in [0.25, 0.3) is 6.01 Å². The van der Waals surface area contributed by atoms with E-state index in [-0.39, 0.29) is 11.9 Å². The lowest BCUT2D eigenvalue weighted by Crippen LogP contribution is -2.38. The molecule has 1 N–H and O–H groups in total. The van der Waals surface area contributed by atoms with E-state index in [9.17, 15) is 4.39 Å². The lowest BCUT2D eigenvalue weighted by atomic mass is 9.99. The fraction of sp³-hybridized carbons (Fsp3) is 0.424. The first-order valence-corrected chi connectivity index (χ1v) is 14.8. The van der Waals surface area contributed by atoms with Crippen LogP contribution in [0.4, 0.5) is 10.4 Å². The second-order valence-electron chi connectivity index (χ2n) is 10.4. The van der Waals surface area contributed by atoms with Gasteiger partial charge in [-0.3, -0.25) is 4.90 Å². The SMILES string of the molecule is CCOc1cc(CN2CCC(Nc3nc4cc(OCCCOC)ccc4o3)CC2)cc(OCC)c1-c1ccc(F)cc1. The predicted octanol–water partition coefficient (Wildman–Crippen LogP) is 6.92. The van der Waals surface area contributed by atoms with E-state index >= 15 is 0 Å². The van der Waals surface area contributed by atoms with Crippen LogP contribution in [0.2, 0.25) is 0 Å². The number of aromatic nitrogens is 1. The number of likely N-dealkylation sites (tertiary alicyclic amines) is 1. The number of rotatable bonds is 14. The topological polar surface area (TPSA) is 78.2 Å². The van der Waals surface area contributed by atoms with Gasteiger partial charge in [0, 0.05) is 51.9 Å². The van der Waals surface area contributed by atoms with Crippen LogP contribution in [0.1, 0.15) is 38.7 Å². The number of halogens is 1. The van der Waals surface area contributed by atoms with Crippen molar-refractivity contribution in [2.75, 3.05) is 51.9 Å². The van der Waals surface area contributed by atoms with Crippen LogP contribution in [-0.2, 0) is 11.3 Å². The molecule has 42 heavy (non-hydrogen) atoms. The molecule has 8 nitrogen and oxygen atoms in total. The monoisotopic (exact) mass is 577 g/mol. The molecule has 4 aromatic rings.